The van der Waals surface area contributed by atoms with Crippen molar-refractivity contribution in [2.45, 2.75) is 58.4 Å². The normalized spacial score (nSPS) is 11.0. The first-order chi connectivity index (χ1) is 13.8. The van der Waals surface area contributed by atoms with Gasteiger partial charge in [-0.25, -0.2) is 0 Å². The van der Waals surface area contributed by atoms with Gasteiger partial charge in [0.05, 0.1) is 17.6 Å². The molecule has 1 aromatic carbocycles. The molecule has 0 aliphatic rings. The van der Waals surface area contributed by atoms with Crippen molar-refractivity contribution in [1.82, 2.24) is 9.55 Å². The molecule has 3 rings (SSSR count). The van der Waals surface area contributed by atoms with Gasteiger partial charge in [-0.3, -0.25) is 9.78 Å². The van der Waals surface area contributed by atoms with Crippen molar-refractivity contribution in [3.63, 3.8) is 0 Å². The number of fused-ring (bicyclic) bond motifs is 1. The molecule has 4 heteroatoms. The molecule has 0 bridgehead atoms. The van der Waals surface area contributed by atoms with E-state index in [2.05, 4.69) is 24.0 Å². The average molecular weight is 379 g/mol. The lowest BCUT2D eigenvalue weighted by atomic mass is 10.0. The van der Waals surface area contributed by atoms with Gasteiger partial charge in [-0.05, 0) is 48.7 Å². The number of ketones is 1. The zero-order chi connectivity index (χ0) is 19.6. The molecule has 4 nitrogen and oxygen atoms in total. The lowest BCUT2D eigenvalue weighted by Crippen LogP contribution is -2.17. The van der Waals surface area contributed by atoms with Gasteiger partial charge >= 0.3 is 0 Å². The van der Waals surface area contributed by atoms with E-state index in [0.717, 1.165) is 23.2 Å². The van der Waals surface area contributed by atoms with Crippen LogP contribution >= 0.6 is 0 Å². The first-order valence-electron chi connectivity index (χ1n) is 10.4. The number of unbranched alkanes of at least 4 members (excludes halogenated alkanes) is 5. The lowest BCUT2D eigenvalue weighted by molar-refractivity contribution is -0.121. The number of nitrogens with zero attached hydrogens (tertiary/aromatic N) is 2. The number of pyridine rings is 1. The van der Waals surface area contributed by atoms with Crippen LogP contribution < -0.4 is 4.74 Å². The van der Waals surface area contributed by atoms with Gasteiger partial charge in [0.2, 0.25) is 0 Å². The zero-order valence-corrected chi connectivity index (χ0v) is 16.8. The van der Waals surface area contributed by atoms with Gasteiger partial charge in [0.15, 0.2) is 5.78 Å². The molecule has 0 unspecified atom stereocenters. The van der Waals surface area contributed by atoms with Gasteiger partial charge in [0, 0.05) is 12.4 Å². The molecule has 0 aliphatic heterocycles. The first kappa shape index (κ1) is 20.1. The number of hydrogen-bond donors (Lipinski definition) is 0. The molecule has 2 heterocycles. The minimum absolute atomic E-state index is 0.0394. The second kappa shape index (κ2) is 10.6. The van der Waals surface area contributed by atoms with E-state index in [4.69, 9.17) is 4.74 Å². The van der Waals surface area contributed by atoms with Crippen LogP contribution in [0.3, 0.4) is 0 Å². The van der Waals surface area contributed by atoms with Crippen LogP contribution in [0.2, 0.25) is 0 Å². The monoisotopic (exact) mass is 378 g/mol. The van der Waals surface area contributed by atoms with Gasteiger partial charge < -0.3 is 9.30 Å². The molecule has 0 spiro atoms. The Hall–Kier alpha value is -2.62. The van der Waals surface area contributed by atoms with Crippen LogP contribution in [0, 0.1) is 0 Å². The zero-order valence-electron chi connectivity index (χ0n) is 16.8. The van der Waals surface area contributed by atoms with Crippen LogP contribution in [-0.4, -0.2) is 21.9 Å². The fourth-order valence-corrected chi connectivity index (χ4v) is 3.42. The van der Waals surface area contributed by atoms with Crippen molar-refractivity contribution in [3.05, 3.63) is 60.4 Å². The number of hydrogen-bond acceptors (Lipinski definition) is 3. The van der Waals surface area contributed by atoms with Crippen molar-refractivity contribution in [1.29, 1.82) is 0 Å². The predicted octanol–water partition coefficient (Wildman–Crippen LogP) is 5.59. The Morgan fingerprint density at radius 2 is 1.79 bits per heavy atom. The molecule has 0 aliphatic carbocycles. The standard InChI is InChI=1S/C24H30N2O2/c1-2-3-4-5-6-7-9-20-11-13-22(14-12-20)28-19-21(27)18-26-17-15-23-24(26)10-8-16-25-23/h8,10-17H,2-7,9,18-19H2,1H3. The maximum absolute atomic E-state index is 12.3. The molecule has 0 saturated heterocycles. The quantitative estimate of drug-likeness (QED) is 0.386. The molecule has 148 valence electrons. The number of Topliss-reactive ketones (excluding diaryl/α,β-unsaturated/α-hetero) is 1. The summed E-state index contributed by atoms with van der Waals surface area (Å²) >= 11 is 0. The van der Waals surface area contributed by atoms with E-state index in [0.29, 0.717) is 6.54 Å². The minimum Gasteiger partial charge on any atom is -0.486 e. The lowest BCUT2D eigenvalue weighted by Gasteiger charge is -2.08. The second-order valence-electron chi connectivity index (χ2n) is 7.34. The largest absolute Gasteiger partial charge is 0.486 e. The van der Waals surface area contributed by atoms with E-state index in [1.54, 1.807) is 6.20 Å². The Morgan fingerprint density at radius 3 is 2.61 bits per heavy atom. The number of rotatable bonds is 12. The smallest absolute Gasteiger partial charge is 0.189 e. The number of carbonyl (C=O) groups excluding carboxylic acids is 1. The van der Waals surface area contributed by atoms with E-state index in [1.807, 2.05) is 41.1 Å². The van der Waals surface area contributed by atoms with Gasteiger partial charge in [-0.15, -0.1) is 0 Å². The van der Waals surface area contributed by atoms with Crippen molar-refractivity contribution in [2.75, 3.05) is 6.61 Å². The van der Waals surface area contributed by atoms with Crippen LogP contribution in [-0.2, 0) is 17.8 Å². The number of aromatic nitrogens is 2. The highest BCUT2D eigenvalue weighted by Gasteiger charge is 2.08. The molecular weight excluding hydrogens is 348 g/mol. The maximum atomic E-state index is 12.3. The van der Waals surface area contributed by atoms with Gasteiger partial charge in [-0.2, -0.15) is 0 Å². The molecule has 0 amide bonds. The molecule has 0 N–H and O–H groups in total. The summed E-state index contributed by atoms with van der Waals surface area (Å²) in [7, 11) is 0. The SMILES string of the molecule is CCCCCCCCc1ccc(OCC(=O)Cn2ccc3ncccc32)cc1. The topological polar surface area (TPSA) is 44.1 Å². The molecule has 3 aromatic rings. The number of benzene rings is 1. The number of ether oxygens (including phenoxy) is 1. The van der Waals surface area contributed by atoms with Crippen LogP contribution in [0.5, 0.6) is 5.75 Å². The van der Waals surface area contributed by atoms with E-state index in [-0.39, 0.29) is 12.4 Å². The molecule has 28 heavy (non-hydrogen) atoms. The van der Waals surface area contributed by atoms with Crippen molar-refractivity contribution in [2.24, 2.45) is 0 Å². The third-order valence-corrected chi connectivity index (χ3v) is 5.03. The highest BCUT2D eigenvalue weighted by molar-refractivity contribution is 5.83. The Morgan fingerprint density at radius 1 is 1.00 bits per heavy atom. The van der Waals surface area contributed by atoms with Crippen LogP contribution in [0.25, 0.3) is 11.0 Å². The molecule has 0 atom stereocenters. The summed E-state index contributed by atoms with van der Waals surface area (Å²) in [6.07, 6.45) is 12.6. The van der Waals surface area contributed by atoms with Gasteiger partial charge in [0.1, 0.15) is 12.4 Å². The molecular formula is C24H30N2O2. The molecule has 0 saturated carbocycles. The fourth-order valence-electron chi connectivity index (χ4n) is 3.42. The highest BCUT2D eigenvalue weighted by atomic mass is 16.5. The minimum atomic E-state index is 0.0394. The Balaban J connectivity index is 1.40. The third-order valence-electron chi connectivity index (χ3n) is 5.03. The maximum Gasteiger partial charge on any atom is 0.189 e. The number of carbonyl (C=O) groups is 1. The summed E-state index contributed by atoms with van der Waals surface area (Å²) in [5.41, 5.74) is 3.20. The fraction of sp³-hybridized carbons (Fsp3) is 0.417. The van der Waals surface area contributed by atoms with Crippen LogP contribution in [0.1, 0.15) is 51.0 Å². The molecule has 0 radical (unpaired) electrons. The number of aryl methyl sites for hydroxylation is 1. The summed E-state index contributed by atoms with van der Waals surface area (Å²) in [6, 6.07) is 13.9. The summed E-state index contributed by atoms with van der Waals surface area (Å²) in [5, 5.41) is 0. The Kier molecular flexibility index (Phi) is 7.65. The van der Waals surface area contributed by atoms with E-state index in [1.165, 1.54) is 44.1 Å². The van der Waals surface area contributed by atoms with E-state index < -0.39 is 0 Å². The second-order valence-corrected chi connectivity index (χ2v) is 7.34. The van der Waals surface area contributed by atoms with Gasteiger partial charge in [0.25, 0.3) is 0 Å². The van der Waals surface area contributed by atoms with Gasteiger partial charge in [-0.1, -0.05) is 51.2 Å². The molecule has 0 fully saturated rings. The van der Waals surface area contributed by atoms with Crippen molar-refractivity contribution in [3.8, 4) is 5.75 Å². The third kappa shape index (κ3) is 5.95. The molecule has 2 aromatic heterocycles. The van der Waals surface area contributed by atoms with Crippen molar-refractivity contribution >= 4 is 16.8 Å². The first-order valence-corrected chi connectivity index (χ1v) is 10.4. The Labute approximate surface area is 167 Å². The summed E-state index contributed by atoms with van der Waals surface area (Å²) < 4.78 is 7.59. The van der Waals surface area contributed by atoms with Crippen molar-refractivity contribution < 1.29 is 9.53 Å². The summed E-state index contributed by atoms with van der Waals surface area (Å²) in [4.78, 5) is 16.6. The Bertz CT molecular complexity index is 868. The summed E-state index contributed by atoms with van der Waals surface area (Å²) in [5.74, 6) is 0.789. The highest BCUT2D eigenvalue weighted by Crippen LogP contribution is 2.16. The van der Waals surface area contributed by atoms with E-state index >= 15 is 0 Å². The summed E-state index contributed by atoms with van der Waals surface area (Å²) in [6.45, 7) is 2.62. The van der Waals surface area contributed by atoms with Crippen LogP contribution in [0.15, 0.2) is 54.9 Å². The average Bonchev–Trinajstić information content (AvgIpc) is 3.13. The van der Waals surface area contributed by atoms with Crippen LogP contribution in [0.4, 0.5) is 0 Å². The predicted molar refractivity (Wildman–Crippen MR) is 114 cm³/mol. The van der Waals surface area contributed by atoms with E-state index in [9.17, 15) is 4.79 Å².